The standard InChI is InChI=1S/C15H23N3O3S3/c1-11(2)9-18-13(10-17-3-5-21-6-4-17)7-12-8-14(24(16,19)20)22-15(12)23-18/h7-8,11H,3-6,9-10H2,1-2H3,(H2,16,19,20). The normalized spacial score (nSPS) is 19.5. The van der Waals surface area contributed by atoms with Gasteiger partial charge in [-0.3, -0.25) is 4.90 Å². The Labute approximate surface area is 151 Å². The first-order valence-electron chi connectivity index (χ1n) is 7.96. The summed E-state index contributed by atoms with van der Waals surface area (Å²) in [6.45, 7) is 9.53. The monoisotopic (exact) mass is 389 g/mol. The number of sulfonamides is 1. The van der Waals surface area contributed by atoms with E-state index in [-0.39, 0.29) is 4.21 Å². The van der Waals surface area contributed by atoms with Crippen molar-refractivity contribution >= 4 is 39.4 Å². The molecule has 0 spiro atoms. The van der Waals surface area contributed by atoms with E-state index < -0.39 is 10.0 Å². The predicted octanol–water partition coefficient (Wildman–Crippen LogP) is 2.05. The fourth-order valence-corrected chi connectivity index (χ4v) is 6.17. The summed E-state index contributed by atoms with van der Waals surface area (Å²) in [5.41, 5.74) is 2.17. The van der Waals surface area contributed by atoms with Gasteiger partial charge in [0, 0.05) is 37.4 Å². The molecule has 2 aliphatic heterocycles. The van der Waals surface area contributed by atoms with E-state index in [9.17, 15) is 8.42 Å². The van der Waals surface area contributed by atoms with Gasteiger partial charge in [0.05, 0.1) is 17.4 Å². The van der Waals surface area contributed by atoms with E-state index in [0.29, 0.717) is 5.92 Å². The quantitative estimate of drug-likeness (QED) is 0.777. The number of rotatable bonds is 5. The summed E-state index contributed by atoms with van der Waals surface area (Å²) in [7, 11) is -3.65. The van der Waals surface area contributed by atoms with E-state index in [0.717, 1.165) is 49.2 Å². The van der Waals surface area contributed by atoms with Crippen LogP contribution in [0.3, 0.4) is 0 Å². The lowest BCUT2D eigenvalue weighted by atomic mass is 10.2. The second kappa shape index (κ2) is 7.35. The number of nitrogens with zero attached hydrogens (tertiary/aromatic N) is 2. The van der Waals surface area contributed by atoms with Gasteiger partial charge in [0.15, 0.2) is 0 Å². The molecule has 9 heteroatoms. The Kier molecular flexibility index (Phi) is 5.58. The average molecular weight is 390 g/mol. The largest absolute Gasteiger partial charge is 0.379 e. The number of morpholine rings is 1. The molecule has 0 saturated carbocycles. The molecule has 0 aromatic carbocycles. The van der Waals surface area contributed by atoms with Crippen molar-refractivity contribution in [3.05, 3.63) is 17.3 Å². The molecule has 24 heavy (non-hydrogen) atoms. The van der Waals surface area contributed by atoms with Crippen molar-refractivity contribution in [3.63, 3.8) is 0 Å². The van der Waals surface area contributed by atoms with Gasteiger partial charge in [-0.25, -0.2) is 13.6 Å². The fraction of sp³-hybridized carbons (Fsp3) is 0.600. The third-order valence-electron chi connectivity index (χ3n) is 3.84. The summed E-state index contributed by atoms with van der Waals surface area (Å²) in [5, 5.41) is 5.29. The maximum atomic E-state index is 11.6. The minimum atomic E-state index is -3.65. The number of hydrogen-bond donors (Lipinski definition) is 1. The lowest BCUT2D eigenvalue weighted by Gasteiger charge is -2.35. The maximum absolute atomic E-state index is 11.6. The molecule has 1 fully saturated rings. The number of fused-ring (bicyclic) bond motifs is 1. The van der Waals surface area contributed by atoms with Gasteiger partial charge in [0.1, 0.15) is 4.21 Å². The molecule has 1 aromatic heterocycles. The summed E-state index contributed by atoms with van der Waals surface area (Å²) >= 11 is 2.88. The molecule has 3 heterocycles. The van der Waals surface area contributed by atoms with Crippen molar-refractivity contribution in [3.8, 4) is 0 Å². The zero-order valence-corrected chi connectivity index (χ0v) is 16.3. The molecule has 1 aromatic rings. The summed E-state index contributed by atoms with van der Waals surface area (Å²) in [4.78, 5) is 2.38. The molecule has 134 valence electrons. The number of nitrogens with two attached hydrogens (primary N) is 1. The van der Waals surface area contributed by atoms with Gasteiger partial charge in [0.25, 0.3) is 0 Å². The van der Waals surface area contributed by atoms with Crippen LogP contribution in [0.1, 0.15) is 19.4 Å². The Bertz CT molecular complexity index is 722. The highest BCUT2D eigenvalue weighted by Gasteiger charge is 2.26. The van der Waals surface area contributed by atoms with Crippen molar-refractivity contribution in [1.82, 2.24) is 9.21 Å². The zero-order valence-electron chi connectivity index (χ0n) is 13.9. The third-order valence-corrected chi connectivity index (χ3v) is 7.68. The number of thiophene rings is 1. The van der Waals surface area contributed by atoms with E-state index in [1.54, 1.807) is 18.0 Å². The van der Waals surface area contributed by atoms with Gasteiger partial charge in [-0.05, 0) is 30.0 Å². The number of ether oxygens (including phenoxy) is 1. The second-order valence-electron chi connectivity index (χ2n) is 6.42. The van der Waals surface area contributed by atoms with Crippen LogP contribution < -0.4 is 5.14 Å². The average Bonchev–Trinajstić information content (AvgIpc) is 2.91. The third kappa shape index (κ3) is 4.33. The Balaban J connectivity index is 1.87. The van der Waals surface area contributed by atoms with Crippen molar-refractivity contribution in [2.75, 3.05) is 39.4 Å². The molecule has 2 N–H and O–H groups in total. The van der Waals surface area contributed by atoms with Crippen molar-refractivity contribution in [2.24, 2.45) is 11.1 Å². The molecular formula is C15H23N3O3S3. The van der Waals surface area contributed by atoms with Gasteiger partial charge in [0.2, 0.25) is 10.0 Å². The first-order valence-corrected chi connectivity index (χ1v) is 11.1. The van der Waals surface area contributed by atoms with Crippen LogP contribution in [0.25, 0.3) is 6.08 Å². The van der Waals surface area contributed by atoms with Crippen molar-refractivity contribution in [1.29, 1.82) is 0 Å². The summed E-state index contributed by atoms with van der Waals surface area (Å²) < 4.78 is 32.2. The first kappa shape index (κ1) is 18.2. The lowest BCUT2D eigenvalue weighted by molar-refractivity contribution is 0.0406. The van der Waals surface area contributed by atoms with Gasteiger partial charge >= 0.3 is 0 Å². The van der Waals surface area contributed by atoms with E-state index in [1.165, 1.54) is 17.0 Å². The second-order valence-corrected chi connectivity index (χ2v) is 10.6. The molecule has 3 rings (SSSR count). The van der Waals surface area contributed by atoms with Gasteiger partial charge in [-0.15, -0.1) is 11.3 Å². The van der Waals surface area contributed by atoms with Crippen molar-refractivity contribution < 1.29 is 13.2 Å². The van der Waals surface area contributed by atoms with Crippen LogP contribution in [0.5, 0.6) is 0 Å². The molecule has 0 amide bonds. The Morgan fingerprint density at radius 1 is 1.33 bits per heavy atom. The molecule has 0 atom stereocenters. The van der Waals surface area contributed by atoms with Crippen LogP contribution in [0, 0.1) is 5.92 Å². The summed E-state index contributed by atoms with van der Waals surface area (Å²) in [6.07, 6.45) is 2.11. The Morgan fingerprint density at radius 3 is 2.67 bits per heavy atom. The van der Waals surface area contributed by atoms with Crippen LogP contribution in [0.15, 0.2) is 20.2 Å². The lowest BCUT2D eigenvalue weighted by Crippen LogP contribution is -2.40. The minimum Gasteiger partial charge on any atom is -0.379 e. The summed E-state index contributed by atoms with van der Waals surface area (Å²) in [6, 6.07) is 1.69. The fourth-order valence-electron chi connectivity index (χ4n) is 2.69. The molecule has 0 radical (unpaired) electrons. The molecule has 0 bridgehead atoms. The SMILES string of the molecule is CC(C)CN1Sc2sc(S(N)(=O)=O)cc2C=C1CN1CCOCC1. The predicted molar refractivity (Wildman–Crippen MR) is 98.3 cm³/mol. The van der Waals surface area contributed by atoms with E-state index >= 15 is 0 Å². The van der Waals surface area contributed by atoms with E-state index in [2.05, 4.69) is 29.1 Å². The minimum absolute atomic E-state index is 0.230. The zero-order chi connectivity index (χ0) is 17.3. The van der Waals surface area contributed by atoms with Crippen LogP contribution in [-0.4, -0.2) is 57.0 Å². The Morgan fingerprint density at radius 2 is 2.04 bits per heavy atom. The highest BCUT2D eigenvalue weighted by atomic mass is 32.3. The molecule has 0 aliphatic carbocycles. The smallest absolute Gasteiger partial charge is 0.247 e. The van der Waals surface area contributed by atoms with Crippen LogP contribution >= 0.6 is 23.3 Å². The summed E-state index contributed by atoms with van der Waals surface area (Å²) in [5.74, 6) is 0.518. The van der Waals surface area contributed by atoms with Crippen molar-refractivity contribution in [2.45, 2.75) is 22.3 Å². The number of hydrogen-bond acceptors (Lipinski definition) is 7. The van der Waals surface area contributed by atoms with Gasteiger partial charge < -0.3 is 9.04 Å². The van der Waals surface area contributed by atoms with Crippen LogP contribution in [0.4, 0.5) is 0 Å². The van der Waals surface area contributed by atoms with Crippen LogP contribution in [-0.2, 0) is 14.8 Å². The Hall–Kier alpha value is -0.580. The molecule has 0 unspecified atom stereocenters. The van der Waals surface area contributed by atoms with Crippen LogP contribution in [0.2, 0.25) is 0 Å². The first-order chi connectivity index (χ1) is 11.3. The van der Waals surface area contributed by atoms with E-state index in [1.807, 2.05) is 0 Å². The molecule has 2 aliphatic rings. The number of primary sulfonamides is 1. The highest BCUT2D eigenvalue weighted by Crippen LogP contribution is 2.43. The molecule has 1 saturated heterocycles. The molecular weight excluding hydrogens is 366 g/mol. The van der Waals surface area contributed by atoms with E-state index in [4.69, 9.17) is 9.88 Å². The maximum Gasteiger partial charge on any atom is 0.247 e. The van der Waals surface area contributed by atoms with Gasteiger partial charge in [-0.1, -0.05) is 13.8 Å². The molecule has 6 nitrogen and oxygen atoms in total. The van der Waals surface area contributed by atoms with Gasteiger partial charge in [-0.2, -0.15) is 0 Å². The highest BCUT2D eigenvalue weighted by molar-refractivity contribution is 7.99. The topological polar surface area (TPSA) is 75.9 Å².